The minimum atomic E-state index is -0.739. The molecule has 98 valence electrons. The number of nitrogens with one attached hydrogen (secondary N) is 2. The Labute approximate surface area is 105 Å². The zero-order valence-corrected chi connectivity index (χ0v) is 10.3. The van der Waals surface area contributed by atoms with Gasteiger partial charge in [0.25, 0.3) is 0 Å². The summed E-state index contributed by atoms with van der Waals surface area (Å²) in [7, 11) is 1.50. The molecule has 7 nitrogen and oxygen atoms in total. The Morgan fingerprint density at radius 3 is 2.89 bits per heavy atom. The quantitative estimate of drug-likeness (QED) is 0.672. The molecule has 18 heavy (non-hydrogen) atoms. The first-order valence-electron chi connectivity index (χ1n) is 5.36. The molecule has 1 heterocycles. The van der Waals surface area contributed by atoms with E-state index in [4.69, 9.17) is 10.5 Å². The molecule has 0 aliphatic heterocycles. The van der Waals surface area contributed by atoms with Gasteiger partial charge in [-0.3, -0.25) is 4.79 Å². The van der Waals surface area contributed by atoms with Gasteiger partial charge in [-0.25, -0.2) is 9.78 Å². The summed E-state index contributed by atoms with van der Waals surface area (Å²) in [6, 6.07) is 2.11. The van der Waals surface area contributed by atoms with E-state index in [2.05, 4.69) is 15.6 Å². The second-order valence-corrected chi connectivity index (χ2v) is 3.62. The number of hydrogen-bond donors (Lipinski definition) is 3. The van der Waals surface area contributed by atoms with Crippen LogP contribution < -0.4 is 21.1 Å². The van der Waals surface area contributed by atoms with Crippen LogP contribution in [0.5, 0.6) is 5.88 Å². The van der Waals surface area contributed by atoms with Crippen molar-refractivity contribution >= 4 is 11.9 Å². The molecule has 1 rings (SSSR count). The van der Waals surface area contributed by atoms with E-state index in [-0.39, 0.29) is 12.5 Å². The standard InChI is InChI=1S/C11H16N4O3/c1-7(15-11(12)17)9(16)14-6-8-4-3-5-13-10(8)18-2/h3-5,7H,6H2,1-2H3,(H,14,16)(H3,12,15,17)/t7-/m1/s1. The van der Waals surface area contributed by atoms with Crippen molar-refractivity contribution in [3.8, 4) is 5.88 Å². The Kier molecular flexibility index (Phi) is 4.91. The fraction of sp³-hybridized carbons (Fsp3) is 0.364. The third-order valence-electron chi connectivity index (χ3n) is 2.25. The molecule has 0 saturated heterocycles. The summed E-state index contributed by atoms with van der Waals surface area (Å²) in [5.74, 6) is 0.119. The Morgan fingerprint density at radius 1 is 1.56 bits per heavy atom. The lowest BCUT2D eigenvalue weighted by atomic mass is 10.2. The number of rotatable bonds is 5. The van der Waals surface area contributed by atoms with Crippen LogP contribution in [0.4, 0.5) is 4.79 Å². The molecular weight excluding hydrogens is 236 g/mol. The van der Waals surface area contributed by atoms with E-state index in [1.165, 1.54) is 7.11 Å². The van der Waals surface area contributed by atoms with Crippen LogP contribution in [0.2, 0.25) is 0 Å². The fourth-order valence-electron chi connectivity index (χ4n) is 1.36. The van der Waals surface area contributed by atoms with Gasteiger partial charge in [-0.15, -0.1) is 0 Å². The summed E-state index contributed by atoms with van der Waals surface area (Å²) < 4.78 is 5.05. The summed E-state index contributed by atoms with van der Waals surface area (Å²) in [6.45, 7) is 1.81. The number of urea groups is 1. The average Bonchev–Trinajstić information content (AvgIpc) is 2.35. The lowest BCUT2D eigenvalue weighted by molar-refractivity contribution is -0.122. The van der Waals surface area contributed by atoms with E-state index >= 15 is 0 Å². The Morgan fingerprint density at radius 2 is 2.28 bits per heavy atom. The van der Waals surface area contributed by atoms with Crippen LogP contribution in [0, 0.1) is 0 Å². The van der Waals surface area contributed by atoms with Crippen molar-refractivity contribution in [3.05, 3.63) is 23.9 Å². The van der Waals surface area contributed by atoms with E-state index < -0.39 is 12.1 Å². The lowest BCUT2D eigenvalue weighted by Crippen LogP contribution is -2.46. The number of pyridine rings is 1. The molecule has 1 aromatic rings. The van der Waals surface area contributed by atoms with E-state index in [9.17, 15) is 9.59 Å². The maximum atomic E-state index is 11.6. The monoisotopic (exact) mass is 252 g/mol. The lowest BCUT2D eigenvalue weighted by Gasteiger charge is -2.13. The van der Waals surface area contributed by atoms with Crippen molar-refractivity contribution in [2.24, 2.45) is 5.73 Å². The first-order valence-corrected chi connectivity index (χ1v) is 5.36. The average molecular weight is 252 g/mol. The van der Waals surface area contributed by atoms with Crippen molar-refractivity contribution in [3.63, 3.8) is 0 Å². The molecule has 0 unspecified atom stereocenters. The van der Waals surface area contributed by atoms with Gasteiger partial charge in [-0.2, -0.15) is 0 Å². The minimum Gasteiger partial charge on any atom is -0.481 e. The van der Waals surface area contributed by atoms with Crippen molar-refractivity contribution in [2.75, 3.05) is 7.11 Å². The highest BCUT2D eigenvalue weighted by atomic mass is 16.5. The molecule has 0 radical (unpaired) electrons. The fourth-order valence-corrected chi connectivity index (χ4v) is 1.36. The van der Waals surface area contributed by atoms with Crippen LogP contribution in [0.1, 0.15) is 12.5 Å². The summed E-state index contributed by atoms with van der Waals surface area (Å²) in [5.41, 5.74) is 5.67. The summed E-state index contributed by atoms with van der Waals surface area (Å²) >= 11 is 0. The second kappa shape index (κ2) is 6.43. The summed E-state index contributed by atoms with van der Waals surface area (Å²) in [5, 5.41) is 4.94. The number of ether oxygens (including phenoxy) is 1. The zero-order valence-electron chi connectivity index (χ0n) is 10.3. The molecule has 0 fully saturated rings. The molecule has 4 N–H and O–H groups in total. The van der Waals surface area contributed by atoms with Gasteiger partial charge in [-0.1, -0.05) is 6.07 Å². The van der Waals surface area contributed by atoms with Crippen molar-refractivity contribution in [1.82, 2.24) is 15.6 Å². The number of carbonyl (C=O) groups excluding carboxylic acids is 2. The first kappa shape index (κ1) is 13.8. The van der Waals surface area contributed by atoms with E-state index in [0.717, 1.165) is 5.56 Å². The number of aromatic nitrogens is 1. The highest BCUT2D eigenvalue weighted by Crippen LogP contribution is 2.12. The first-order chi connectivity index (χ1) is 8.54. The van der Waals surface area contributed by atoms with E-state index in [1.54, 1.807) is 25.3 Å². The van der Waals surface area contributed by atoms with Gasteiger partial charge in [-0.05, 0) is 13.0 Å². The van der Waals surface area contributed by atoms with Gasteiger partial charge in [0.05, 0.1) is 7.11 Å². The number of methoxy groups -OCH3 is 1. The van der Waals surface area contributed by atoms with Gasteiger partial charge in [0.1, 0.15) is 6.04 Å². The van der Waals surface area contributed by atoms with Crippen molar-refractivity contribution < 1.29 is 14.3 Å². The van der Waals surface area contributed by atoms with Gasteiger partial charge in [0.15, 0.2) is 0 Å². The maximum Gasteiger partial charge on any atom is 0.312 e. The molecule has 0 saturated carbocycles. The van der Waals surface area contributed by atoms with Gasteiger partial charge in [0, 0.05) is 18.3 Å². The van der Waals surface area contributed by atoms with Crippen LogP contribution in [-0.2, 0) is 11.3 Å². The van der Waals surface area contributed by atoms with Crippen LogP contribution in [0.25, 0.3) is 0 Å². The molecule has 1 aromatic heterocycles. The molecule has 7 heteroatoms. The van der Waals surface area contributed by atoms with Gasteiger partial charge in [0.2, 0.25) is 11.8 Å². The minimum absolute atomic E-state index is 0.265. The number of carbonyl (C=O) groups is 2. The molecular formula is C11H16N4O3. The molecule has 0 aliphatic carbocycles. The molecule has 3 amide bonds. The molecule has 0 aromatic carbocycles. The maximum absolute atomic E-state index is 11.6. The molecule has 0 spiro atoms. The SMILES string of the molecule is COc1ncccc1CNC(=O)[C@@H](C)NC(N)=O. The smallest absolute Gasteiger partial charge is 0.312 e. The van der Waals surface area contributed by atoms with E-state index in [1.807, 2.05) is 0 Å². The topological polar surface area (TPSA) is 106 Å². The number of primary amides is 1. The van der Waals surface area contributed by atoms with Crippen LogP contribution in [0.15, 0.2) is 18.3 Å². The molecule has 1 atom stereocenters. The summed E-state index contributed by atoms with van der Waals surface area (Å²) in [4.78, 5) is 26.2. The van der Waals surface area contributed by atoms with Gasteiger partial charge >= 0.3 is 6.03 Å². The molecule has 0 bridgehead atoms. The third kappa shape index (κ3) is 3.93. The van der Waals surface area contributed by atoms with Crippen LogP contribution >= 0.6 is 0 Å². The second-order valence-electron chi connectivity index (χ2n) is 3.62. The van der Waals surface area contributed by atoms with Crippen LogP contribution in [-0.4, -0.2) is 30.1 Å². The zero-order chi connectivity index (χ0) is 13.5. The highest BCUT2D eigenvalue weighted by Gasteiger charge is 2.14. The van der Waals surface area contributed by atoms with E-state index in [0.29, 0.717) is 5.88 Å². The Hall–Kier alpha value is -2.31. The number of hydrogen-bond acceptors (Lipinski definition) is 4. The van der Waals surface area contributed by atoms with Crippen molar-refractivity contribution in [1.29, 1.82) is 0 Å². The highest BCUT2D eigenvalue weighted by molar-refractivity contribution is 5.86. The van der Waals surface area contributed by atoms with Gasteiger partial charge < -0.3 is 21.1 Å². The number of nitrogens with zero attached hydrogens (tertiary/aromatic N) is 1. The number of nitrogens with two attached hydrogens (primary N) is 1. The molecule has 0 aliphatic rings. The Bertz CT molecular complexity index is 436. The third-order valence-corrected chi connectivity index (χ3v) is 2.25. The van der Waals surface area contributed by atoms with Crippen molar-refractivity contribution in [2.45, 2.75) is 19.5 Å². The largest absolute Gasteiger partial charge is 0.481 e. The normalized spacial score (nSPS) is 11.4. The predicted molar refractivity (Wildman–Crippen MR) is 64.8 cm³/mol. The Balaban J connectivity index is 2.54. The number of amides is 3. The summed E-state index contributed by atoms with van der Waals surface area (Å²) in [6.07, 6.45) is 1.60. The van der Waals surface area contributed by atoms with Crippen LogP contribution in [0.3, 0.4) is 0 Å². The predicted octanol–water partition coefficient (Wildman–Crippen LogP) is -0.237.